The molecule has 32 heavy (non-hydrogen) atoms. The van der Waals surface area contributed by atoms with Crippen molar-refractivity contribution in [1.82, 2.24) is 14.7 Å². The zero-order valence-electron chi connectivity index (χ0n) is 20.9. The number of carbonyl (C=O) groups is 2. The molecular weight excluding hydrogens is 402 g/mol. The Morgan fingerprint density at radius 1 is 1.19 bits per heavy atom. The van der Waals surface area contributed by atoms with Crippen molar-refractivity contribution in [3.8, 4) is 0 Å². The van der Waals surface area contributed by atoms with Crippen LogP contribution in [0.3, 0.4) is 0 Å². The molecule has 180 valence electrons. The lowest BCUT2D eigenvalue weighted by Crippen LogP contribution is -2.40. The molecule has 1 aromatic carbocycles. The fourth-order valence-electron chi connectivity index (χ4n) is 4.48. The van der Waals surface area contributed by atoms with E-state index in [1.54, 1.807) is 0 Å². The minimum atomic E-state index is -0.493. The van der Waals surface area contributed by atoms with E-state index in [-0.39, 0.29) is 12.1 Å². The molecular formula is C26H43N3O3. The summed E-state index contributed by atoms with van der Waals surface area (Å²) >= 11 is 0. The number of amides is 1. The maximum Gasteiger partial charge on any atom is 0.410 e. The van der Waals surface area contributed by atoms with Crippen molar-refractivity contribution in [3.05, 3.63) is 35.9 Å². The highest BCUT2D eigenvalue weighted by molar-refractivity contribution is 5.74. The number of hydrogen-bond acceptors (Lipinski definition) is 5. The standard InChI is InChI=1S/C16H26N2.C10H17NO3/c1-14(15-8-5-4-6-9-15)12-17(2)13-16-10-7-11-18(16)3;1-10(2,3)14-9(13)11-6-4-5-8(11)7-12/h4-6,8-9,14,16H,7,10-13H2,1-3H3;7-8H,4-6H2,1-3H3/t14-,16+;8-/m10/s1. The Labute approximate surface area is 194 Å². The Balaban J connectivity index is 0.000000235. The monoisotopic (exact) mass is 445 g/mol. The molecule has 0 N–H and O–H groups in total. The fraction of sp³-hybridized carbons (Fsp3) is 0.692. The molecule has 0 bridgehead atoms. The van der Waals surface area contributed by atoms with Crippen LogP contribution >= 0.6 is 0 Å². The van der Waals surface area contributed by atoms with Crippen LogP contribution in [0.15, 0.2) is 30.3 Å². The molecule has 0 aliphatic carbocycles. The van der Waals surface area contributed by atoms with Gasteiger partial charge in [-0.2, -0.15) is 0 Å². The van der Waals surface area contributed by atoms with Crippen molar-refractivity contribution in [3.63, 3.8) is 0 Å². The lowest BCUT2D eigenvalue weighted by molar-refractivity contribution is -0.111. The molecule has 2 fully saturated rings. The molecule has 2 aliphatic rings. The highest BCUT2D eigenvalue weighted by atomic mass is 16.6. The Hall–Kier alpha value is -1.92. The van der Waals surface area contributed by atoms with Crippen molar-refractivity contribution < 1.29 is 14.3 Å². The van der Waals surface area contributed by atoms with Crippen LogP contribution in [0.5, 0.6) is 0 Å². The van der Waals surface area contributed by atoms with Crippen molar-refractivity contribution >= 4 is 12.4 Å². The summed E-state index contributed by atoms with van der Waals surface area (Å²) in [5.74, 6) is 0.614. The first-order valence-electron chi connectivity index (χ1n) is 12.0. The molecule has 0 saturated carbocycles. The summed E-state index contributed by atoms with van der Waals surface area (Å²) in [5, 5.41) is 0. The van der Waals surface area contributed by atoms with E-state index >= 15 is 0 Å². The molecule has 3 atom stereocenters. The zero-order valence-corrected chi connectivity index (χ0v) is 20.9. The van der Waals surface area contributed by atoms with Gasteiger partial charge in [0.1, 0.15) is 11.9 Å². The molecule has 6 nitrogen and oxygen atoms in total. The second-order valence-electron chi connectivity index (χ2n) is 10.3. The summed E-state index contributed by atoms with van der Waals surface area (Å²) in [7, 11) is 4.51. The van der Waals surface area contributed by atoms with E-state index in [9.17, 15) is 9.59 Å². The van der Waals surface area contributed by atoms with Gasteiger partial charge in [-0.15, -0.1) is 0 Å². The van der Waals surface area contributed by atoms with E-state index in [1.807, 2.05) is 20.8 Å². The number of hydrogen-bond donors (Lipinski definition) is 0. The molecule has 2 aliphatic heterocycles. The Bertz CT molecular complexity index is 704. The first-order chi connectivity index (χ1) is 15.1. The quantitative estimate of drug-likeness (QED) is 0.608. The molecule has 2 heterocycles. The number of likely N-dealkylation sites (tertiary alicyclic amines) is 2. The zero-order chi connectivity index (χ0) is 23.7. The van der Waals surface area contributed by atoms with Crippen LogP contribution in [0.25, 0.3) is 0 Å². The molecule has 6 heteroatoms. The molecule has 0 spiro atoms. The number of nitrogens with zero attached hydrogens (tertiary/aromatic N) is 3. The third-order valence-corrected chi connectivity index (χ3v) is 6.23. The molecule has 0 unspecified atom stereocenters. The summed E-state index contributed by atoms with van der Waals surface area (Å²) < 4.78 is 5.18. The SMILES string of the molecule is CC(C)(C)OC(=O)N1CCC[C@H]1C=O.C[C@H](CN(C)C[C@@H]1CCCN1C)c1ccccc1. The van der Waals surface area contributed by atoms with Gasteiger partial charge in [-0.1, -0.05) is 37.3 Å². The molecule has 0 aromatic heterocycles. The highest BCUT2D eigenvalue weighted by Gasteiger charge is 2.31. The van der Waals surface area contributed by atoms with Gasteiger partial charge in [-0.05, 0) is 78.6 Å². The van der Waals surface area contributed by atoms with E-state index in [0.717, 1.165) is 31.7 Å². The van der Waals surface area contributed by atoms with Crippen LogP contribution in [0.2, 0.25) is 0 Å². The van der Waals surface area contributed by atoms with E-state index < -0.39 is 5.60 Å². The van der Waals surface area contributed by atoms with Gasteiger partial charge >= 0.3 is 6.09 Å². The number of aldehydes is 1. The van der Waals surface area contributed by atoms with E-state index in [2.05, 4.69) is 61.2 Å². The van der Waals surface area contributed by atoms with Crippen molar-refractivity contribution in [2.24, 2.45) is 0 Å². The van der Waals surface area contributed by atoms with Gasteiger partial charge in [-0.3, -0.25) is 4.90 Å². The maximum absolute atomic E-state index is 11.6. The Morgan fingerprint density at radius 3 is 2.41 bits per heavy atom. The predicted molar refractivity (Wildman–Crippen MR) is 130 cm³/mol. The summed E-state index contributed by atoms with van der Waals surface area (Å²) in [6.07, 6.45) is 4.79. The van der Waals surface area contributed by atoms with Crippen molar-refractivity contribution in [2.45, 2.75) is 77.0 Å². The van der Waals surface area contributed by atoms with E-state index in [0.29, 0.717) is 12.5 Å². The second-order valence-corrected chi connectivity index (χ2v) is 10.3. The largest absolute Gasteiger partial charge is 0.444 e. The Morgan fingerprint density at radius 2 is 1.84 bits per heavy atom. The average molecular weight is 446 g/mol. The van der Waals surface area contributed by atoms with Crippen LogP contribution in [-0.4, -0.2) is 85.0 Å². The molecule has 0 radical (unpaired) electrons. The number of likely N-dealkylation sites (N-methyl/N-ethyl adjacent to an activating group) is 2. The summed E-state index contributed by atoms with van der Waals surface area (Å²) in [5.41, 5.74) is 0.955. The lowest BCUT2D eigenvalue weighted by atomic mass is 10.0. The minimum absolute atomic E-state index is 0.287. The molecule has 3 rings (SSSR count). The number of rotatable bonds is 6. The summed E-state index contributed by atoms with van der Waals surface area (Å²) in [4.78, 5) is 28.7. The summed E-state index contributed by atoms with van der Waals surface area (Å²) in [6.45, 7) is 12.0. The summed E-state index contributed by atoms with van der Waals surface area (Å²) in [6, 6.07) is 11.3. The number of carbonyl (C=O) groups excluding carboxylic acids is 2. The first kappa shape index (κ1) is 26.3. The first-order valence-corrected chi connectivity index (χ1v) is 12.0. The lowest BCUT2D eigenvalue weighted by Gasteiger charge is -2.27. The van der Waals surface area contributed by atoms with Gasteiger partial charge in [0.25, 0.3) is 0 Å². The van der Waals surface area contributed by atoms with Crippen molar-refractivity contribution in [2.75, 3.05) is 40.3 Å². The fourth-order valence-corrected chi connectivity index (χ4v) is 4.48. The van der Waals surface area contributed by atoms with E-state index in [4.69, 9.17) is 4.74 Å². The highest BCUT2D eigenvalue weighted by Crippen LogP contribution is 2.20. The predicted octanol–water partition coefficient (Wildman–Crippen LogP) is 4.40. The van der Waals surface area contributed by atoms with Gasteiger partial charge in [0.15, 0.2) is 0 Å². The third-order valence-electron chi connectivity index (χ3n) is 6.23. The van der Waals surface area contributed by atoms with Gasteiger partial charge in [-0.25, -0.2) is 4.79 Å². The van der Waals surface area contributed by atoms with Gasteiger partial charge in [0.2, 0.25) is 0 Å². The molecule has 1 aromatic rings. The normalized spacial score (nSPS) is 22.4. The molecule has 2 saturated heterocycles. The average Bonchev–Trinajstić information content (AvgIpc) is 3.37. The minimum Gasteiger partial charge on any atom is -0.444 e. The van der Waals surface area contributed by atoms with Crippen LogP contribution in [0, 0.1) is 0 Å². The maximum atomic E-state index is 11.6. The van der Waals surface area contributed by atoms with Crippen LogP contribution in [-0.2, 0) is 9.53 Å². The Kier molecular flexibility index (Phi) is 10.2. The van der Waals surface area contributed by atoms with E-state index in [1.165, 1.54) is 36.4 Å². The van der Waals surface area contributed by atoms with Crippen molar-refractivity contribution in [1.29, 1.82) is 0 Å². The number of benzene rings is 1. The second kappa shape index (κ2) is 12.4. The topological polar surface area (TPSA) is 53.1 Å². The van der Waals surface area contributed by atoms with Crippen LogP contribution < -0.4 is 0 Å². The van der Waals surface area contributed by atoms with Crippen LogP contribution in [0.4, 0.5) is 4.79 Å². The molecule has 1 amide bonds. The smallest absolute Gasteiger partial charge is 0.410 e. The van der Waals surface area contributed by atoms with Crippen LogP contribution in [0.1, 0.15) is 64.9 Å². The van der Waals surface area contributed by atoms with Gasteiger partial charge < -0.3 is 19.3 Å². The van der Waals surface area contributed by atoms with Gasteiger partial charge in [0, 0.05) is 25.7 Å². The number of ether oxygens (including phenoxy) is 1. The third kappa shape index (κ3) is 8.55. The van der Waals surface area contributed by atoms with Gasteiger partial charge in [0.05, 0.1) is 6.04 Å².